The van der Waals surface area contributed by atoms with Gasteiger partial charge in [0, 0.05) is 39.3 Å². The lowest BCUT2D eigenvalue weighted by atomic mass is 10.2. The van der Waals surface area contributed by atoms with Crippen LogP contribution in [0.25, 0.3) is 5.69 Å². The Labute approximate surface area is 192 Å². The molecule has 0 spiro atoms. The van der Waals surface area contributed by atoms with Gasteiger partial charge in [-0.25, -0.2) is 5.43 Å². The number of amides is 1. The largest absolute Gasteiger partial charge is 0.317 e. The zero-order chi connectivity index (χ0) is 22.4. The van der Waals surface area contributed by atoms with E-state index in [0.717, 1.165) is 32.7 Å². The van der Waals surface area contributed by atoms with E-state index in [9.17, 15) is 14.9 Å². The van der Waals surface area contributed by atoms with Crippen molar-refractivity contribution in [2.45, 2.75) is 19.6 Å². The number of rotatable bonds is 8. The van der Waals surface area contributed by atoms with Crippen molar-refractivity contribution in [1.82, 2.24) is 9.99 Å². The fraction of sp³-hybridized carbons (Fsp3) is 0.182. The molecule has 0 atom stereocenters. The average Bonchev–Trinajstić information content (AvgIpc) is 3.02. The number of aromatic nitrogens is 1. The van der Waals surface area contributed by atoms with Gasteiger partial charge in [0.25, 0.3) is 5.69 Å². The Bertz CT molecular complexity index is 1130. The van der Waals surface area contributed by atoms with Gasteiger partial charge in [-0.2, -0.15) is 5.10 Å². The molecular formula is C22H21BrN4O3S. The summed E-state index contributed by atoms with van der Waals surface area (Å²) in [5, 5.41) is 14.8. The van der Waals surface area contributed by atoms with Crippen LogP contribution < -0.4 is 5.43 Å². The Balaban J connectivity index is 1.53. The summed E-state index contributed by atoms with van der Waals surface area (Å²) in [6, 6.07) is 16.3. The summed E-state index contributed by atoms with van der Waals surface area (Å²) in [6.07, 6.45) is 1.65. The maximum absolute atomic E-state index is 12.0. The predicted octanol–water partition coefficient (Wildman–Crippen LogP) is 5.15. The lowest BCUT2D eigenvalue weighted by Gasteiger charge is -2.11. The van der Waals surface area contributed by atoms with Gasteiger partial charge in [-0.1, -0.05) is 24.3 Å². The second-order valence-corrected chi connectivity index (χ2v) is 8.66. The Kier molecular flexibility index (Phi) is 7.64. The average molecular weight is 501 g/mol. The van der Waals surface area contributed by atoms with Crippen molar-refractivity contribution in [3.63, 3.8) is 0 Å². The van der Waals surface area contributed by atoms with E-state index in [4.69, 9.17) is 0 Å². The summed E-state index contributed by atoms with van der Waals surface area (Å²) in [4.78, 5) is 22.3. The minimum atomic E-state index is -0.432. The van der Waals surface area contributed by atoms with Crippen molar-refractivity contribution in [2.24, 2.45) is 5.10 Å². The summed E-state index contributed by atoms with van der Waals surface area (Å²) in [7, 11) is 0. The molecule has 3 rings (SSSR count). The van der Waals surface area contributed by atoms with Gasteiger partial charge >= 0.3 is 0 Å². The second-order valence-electron chi connectivity index (χ2n) is 6.82. The van der Waals surface area contributed by atoms with E-state index in [2.05, 4.69) is 31.0 Å². The molecule has 31 heavy (non-hydrogen) atoms. The topological polar surface area (TPSA) is 89.5 Å². The monoisotopic (exact) mass is 500 g/mol. The molecular weight excluding hydrogens is 480 g/mol. The number of hydrazone groups is 1. The van der Waals surface area contributed by atoms with Gasteiger partial charge in [-0.3, -0.25) is 14.9 Å². The molecule has 0 fully saturated rings. The van der Waals surface area contributed by atoms with Crippen LogP contribution in [0.5, 0.6) is 0 Å². The van der Waals surface area contributed by atoms with Crippen LogP contribution in [0, 0.1) is 24.0 Å². The number of benzene rings is 2. The molecule has 9 heteroatoms. The van der Waals surface area contributed by atoms with Crippen LogP contribution in [0.4, 0.5) is 5.69 Å². The molecule has 0 bridgehead atoms. The third kappa shape index (κ3) is 5.83. The van der Waals surface area contributed by atoms with E-state index in [0.29, 0.717) is 5.75 Å². The molecule has 1 heterocycles. The molecule has 1 amide bonds. The summed E-state index contributed by atoms with van der Waals surface area (Å²) < 4.78 is 3.13. The fourth-order valence-electron chi connectivity index (χ4n) is 3.10. The number of nitrogens with zero attached hydrogens (tertiary/aromatic N) is 3. The zero-order valence-electron chi connectivity index (χ0n) is 17.0. The lowest BCUT2D eigenvalue weighted by Crippen LogP contribution is -2.19. The summed E-state index contributed by atoms with van der Waals surface area (Å²) in [6.45, 7) is 4.03. The van der Waals surface area contributed by atoms with Gasteiger partial charge < -0.3 is 4.57 Å². The number of carbonyl (C=O) groups excluding carboxylic acids is 1. The number of halogens is 1. The maximum atomic E-state index is 12.0. The van der Waals surface area contributed by atoms with Crippen LogP contribution in [0.1, 0.15) is 22.5 Å². The molecule has 0 radical (unpaired) electrons. The number of nitrogens with one attached hydrogen (secondary N) is 1. The molecule has 1 N–H and O–H groups in total. The molecule has 2 aromatic carbocycles. The van der Waals surface area contributed by atoms with Crippen molar-refractivity contribution in [1.29, 1.82) is 0 Å². The van der Waals surface area contributed by atoms with Crippen molar-refractivity contribution < 1.29 is 9.72 Å². The first kappa shape index (κ1) is 22.8. The number of nitro groups is 1. The Morgan fingerprint density at radius 2 is 1.94 bits per heavy atom. The highest BCUT2D eigenvalue weighted by Crippen LogP contribution is 2.26. The molecule has 160 valence electrons. The Hall–Kier alpha value is -2.91. The van der Waals surface area contributed by atoms with Crippen LogP contribution in [-0.4, -0.2) is 27.4 Å². The maximum Gasteiger partial charge on any atom is 0.269 e. The van der Waals surface area contributed by atoms with E-state index in [1.807, 2.05) is 44.2 Å². The van der Waals surface area contributed by atoms with Gasteiger partial charge in [-0.05, 0) is 53.5 Å². The number of thioether (sulfide) groups is 1. The molecule has 1 aromatic heterocycles. The normalized spacial score (nSPS) is 11.1. The van der Waals surface area contributed by atoms with Gasteiger partial charge in [-0.15, -0.1) is 11.8 Å². The number of aryl methyl sites for hydroxylation is 1. The van der Waals surface area contributed by atoms with Crippen LogP contribution >= 0.6 is 27.7 Å². The predicted molar refractivity (Wildman–Crippen MR) is 128 cm³/mol. The van der Waals surface area contributed by atoms with Crippen LogP contribution in [0.2, 0.25) is 0 Å². The fourth-order valence-corrected chi connectivity index (χ4v) is 4.35. The first-order valence-corrected chi connectivity index (χ1v) is 11.4. The molecule has 7 nitrogen and oxygen atoms in total. The van der Waals surface area contributed by atoms with E-state index in [-0.39, 0.29) is 17.3 Å². The Morgan fingerprint density at radius 1 is 1.23 bits per heavy atom. The number of para-hydroxylation sites is 1. The van der Waals surface area contributed by atoms with E-state index >= 15 is 0 Å². The molecule has 0 aliphatic heterocycles. The number of hydrogen-bond donors (Lipinski definition) is 1. The highest BCUT2D eigenvalue weighted by molar-refractivity contribution is 9.10. The number of hydrogen-bond acceptors (Lipinski definition) is 5. The van der Waals surface area contributed by atoms with Crippen molar-refractivity contribution >= 4 is 45.5 Å². The minimum Gasteiger partial charge on any atom is -0.317 e. The number of nitro benzene ring substituents is 1. The van der Waals surface area contributed by atoms with E-state index < -0.39 is 4.92 Å². The van der Waals surface area contributed by atoms with Crippen LogP contribution in [0.3, 0.4) is 0 Å². The highest BCUT2D eigenvalue weighted by Gasteiger charge is 2.11. The SMILES string of the molecule is Cc1cc(C=NNC(=O)CSCc2ccc([N+](=O)[O-])cc2)c(C)n1-c1ccccc1Br. The third-order valence-corrected chi connectivity index (χ3v) is 6.28. The lowest BCUT2D eigenvalue weighted by molar-refractivity contribution is -0.384. The number of non-ortho nitro benzene ring substituents is 1. The van der Waals surface area contributed by atoms with Gasteiger partial charge in [0.15, 0.2) is 0 Å². The van der Waals surface area contributed by atoms with Gasteiger partial charge in [0.1, 0.15) is 0 Å². The smallest absolute Gasteiger partial charge is 0.269 e. The van der Waals surface area contributed by atoms with Gasteiger partial charge in [0.05, 0.1) is 22.6 Å². The van der Waals surface area contributed by atoms with E-state index in [1.54, 1.807) is 18.3 Å². The standard InChI is InChI=1S/C22H21BrN4O3S/c1-15-11-18(16(2)26(15)21-6-4-3-5-20(21)23)12-24-25-22(28)14-31-13-17-7-9-19(10-8-17)27(29)30/h3-12H,13-14H2,1-2H3,(H,25,28). The molecule has 0 saturated heterocycles. The zero-order valence-corrected chi connectivity index (χ0v) is 19.4. The molecule has 3 aromatic rings. The summed E-state index contributed by atoms with van der Waals surface area (Å²) >= 11 is 5.01. The minimum absolute atomic E-state index is 0.0554. The molecule has 0 saturated carbocycles. The summed E-state index contributed by atoms with van der Waals surface area (Å²) in [5.74, 6) is 0.620. The van der Waals surface area contributed by atoms with Crippen LogP contribution in [0.15, 0.2) is 64.2 Å². The third-order valence-electron chi connectivity index (χ3n) is 4.61. The van der Waals surface area contributed by atoms with Crippen molar-refractivity contribution in [3.05, 3.63) is 91.7 Å². The van der Waals surface area contributed by atoms with Crippen molar-refractivity contribution in [2.75, 3.05) is 5.75 Å². The van der Waals surface area contributed by atoms with E-state index in [1.165, 1.54) is 23.9 Å². The molecule has 0 aliphatic carbocycles. The summed E-state index contributed by atoms with van der Waals surface area (Å²) in [5.41, 5.74) is 7.59. The highest BCUT2D eigenvalue weighted by atomic mass is 79.9. The molecule has 0 unspecified atom stereocenters. The quantitative estimate of drug-likeness (QED) is 0.263. The van der Waals surface area contributed by atoms with Crippen molar-refractivity contribution in [3.8, 4) is 5.69 Å². The molecule has 0 aliphatic rings. The van der Waals surface area contributed by atoms with Gasteiger partial charge in [0.2, 0.25) is 5.91 Å². The van der Waals surface area contributed by atoms with Crippen LogP contribution in [-0.2, 0) is 10.5 Å². The number of carbonyl (C=O) groups is 1. The first-order valence-electron chi connectivity index (χ1n) is 9.43. The Morgan fingerprint density at radius 3 is 2.61 bits per heavy atom. The first-order chi connectivity index (χ1) is 14.9. The second kappa shape index (κ2) is 10.4.